The number of nitrogens with zero attached hydrogens (tertiary/aromatic N) is 1. The molecule has 0 fully saturated rings. The van der Waals surface area contributed by atoms with Gasteiger partial charge in [0, 0.05) is 18.0 Å². The van der Waals surface area contributed by atoms with Crippen molar-refractivity contribution < 1.29 is 4.74 Å². The van der Waals surface area contributed by atoms with Crippen LogP contribution in [0, 0.1) is 0 Å². The summed E-state index contributed by atoms with van der Waals surface area (Å²) in [6.07, 6.45) is 2.09. The van der Waals surface area contributed by atoms with Gasteiger partial charge in [-0.25, -0.2) is 10.8 Å². The maximum atomic E-state index is 5.53. The van der Waals surface area contributed by atoms with Crippen LogP contribution in [0.15, 0.2) is 22.5 Å². The molecule has 4 N–H and O–H groups in total. The lowest BCUT2D eigenvalue weighted by atomic mass is 10.1. The first-order valence-corrected chi connectivity index (χ1v) is 7.42. The van der Waals surface area contributed by atoms with E-state index in [2.05, 4.69) is 40.2 Å². The highest BCUT2D eigenvalue weighted by Crippen LogP contribution is 2.26. The number of nitrogens with one attached hydrogen (secondary N) is 2. The highest BCUT2D eigenvalue weighted by atomic mass is 32.1. The van der Waals surface area contributed by atoms with Gasteiger partial charge in [-0.1, -0.05) is 19.4 Å². The summed E-state index contributed by atoms with van der Waals surface area (Å²) in [5.74, 6) is 6.14. The summed E-state index contributed by atoms with van der Waals surface area (Å²) in [6, 6.07) is 4.47. The molecule has 0 saturated heterocycles. The van der Waals surface area contributed by atoms with Crippen molar-refractivity contribution in [3.63, 3.8) is 0 Å². The van der Waals surface area contributed by atoms with Crippen LogP contribution in [-0.2, 0) is 4.74 Å². The summed E-state index contributed by atoms with van der Waals surface area (Å²) >= 11 is 1.72. The van der Waals surface area contributed by atoms with Crippen LogP contribution in [0.1, 0.15) is 37.6 Å². The lowest BCUT2D eigenvalue weighted by molar-refractivity contribution is 0.179. The number of aliphatic imine (C=N–C) groups is 1. The van der Waals surface area contributed by atoms with E-state index in [9.17, 15) is 0 Å². The van der Waals surface area contributed by atoms with Gasteiger partial charge in [-0.2, -0.15) is 0 Å². The molecule has 0 radical (unpaired) electrons. The van der Waals surface area contributed by atoms with E-state index >= 15 is 0 Å². The van der Waals surface area contributed by atoms with Crippen LogP contribution < -0.4 is 16.6 Å². The largest absolute Gasteiger partial charge is 0.383 e. The molecule has 5 nitrogen and oxygen atoms in total. The highest BCUT2D eigenvalue weighted by Gasteiger charge is 2.12. The molecule has 0 aliphatic rings. The third kappa shape index (κ3) is 5.59. The second kappa shape index (κ2) is 8.90. The molecular formula is C13H24N4OS. The van der Waals surface area contributed by atoms with Crippen molar-refractivity contribution in [2.75, 3.05) is 13.7 Å². The summed E-state index contributed by atoms with van der Waals surface area (Å²) in [4.78, 5) is 5.93. The van der Waals surface area contributed by atoms with E-state index in [-0.39, 0.29) is 12.1 Å². The van der Waals surface area contributed by atoms with Gasteiger partial charge in [0.2, 0.25) is 5.96 Å². The van der Waals surface area contributed by atoms with E-state index in [1.54, 1.807) is 18.4 Å². The van der Waals surface area contributed by atoms with Crippen LogP contribution in [0.3, 0.4) is 0 Å². The normalized spacial score (nSPS) is 15.1. The molecule has 1 aromatic heterocycles. The first-order valence-electron chi connectivity index (χ1n) is 6.54. The minimum Gasteiger partial charge on any atom is -0.383 e. The molecule has 0 aliphatic heterocycles. The average molecular weight is 284 g/mol. The van der Waals surface area contributed by atoms with Crippen molar-refractivity contribution in [2.24, 2.45) is 10.8 Å². The summed E-state index contributed by atoms with van der Waals surface area (Å²) in [5.41, 5.74) is 2.63. The molecular weight excluding hydrogens is 260 g/mol. The Labute approximate surface area is 119 Å². The molecule has 0 spiro atoms. The molecule has 1 aromatic rings. The van der Waals surface area contributed by atoms with Crippen molar-refractivity contribution in [3.05, 3.63) is 22.4 Å². The molecule has 1 heterocycles. The smallest absolute Gasteiger partial charge is 0.206 e. The van der Waals surface area contributed by atoms with Gasteiger partial charge in [0.15, 0.2) is 0 Å². The first kappa shape index (κ1) is 15.9. The topological polar surface area (TPSA) is 71.7 Å². The fourth-order valence-corrected chi connectivity index (χ4v) is 2.62. The quantitative estimate of drug-likeness (QED) is 0.310. The van der Waals surface area contributed by atoms with Gasteiger partial charge >= 0.3 is 0 Å². The summed E-state index contributed by atoms with van der Waals surface area (Å²) in [5, 5.41) is 5.29. The second-order valence-electron chi connectivity index (χ2n) is 4.44. The number of rotatable bonds is 7. The van der Waals surface area contributed by atoms with Gasteiger partial charge in [-0.05, 0) is 24.8 Å². The Hall–Kier alpha value is -1.11. The predicted molar refractivity (Wildman–Crippen MR) is 81.2 cm³/mol. The molecule has 6 heteroatoms. The van der Waals surface area contributed by atoms with Gasteiger partial charge < -0.3 is 10.1 Å². The van der Waals surface area contributed by atoms with E-state index in [1.807, 2.05) is 6.92 Å². The van der Waals surface area contributed by atoms with E-state index in [0.29, 0.717) is 12.6 Å². The number of ether oxygens (including phenoxy) is 1. The fraction of sp³-hybridized carbons (Fsp3) is 0.615. The van der Waals surface area contributed by atoms with Crippen molar-refractivity contribution >= 4 is 17.3 Å². The van der Waals surface area contributed by atoms with Crippen LogP contribution in [-0.4, -0.2) is 25.7 Å². The van der Waals surface area contributed by atoms with Crippen LogP contribution in [0.4, 0.5) is 0 Å². The number of hydrogen-bond donors (Lipinski definition) is 3. The summed E-state index contributed by atoms with van der Waals surface area (Å²) in [7, 11) is 1.68. The van der Waals surface area contributed by atoms with Gasteiger partial charge in [-0.3, -0.25) is 5.43 Å². The van der Waals surface area contributed by atoms with Crippen LogP contribution in [0.5, 0.6) is 0 Å². The minimum atomic E-state index is 0.151. The maximum absolute atomic E-state index is 5.53. The molecule has 19 heavy (non-hydrogen) atoms. The Balaban J connectivity index is 2.74. The number of nitrogens with two attached hydrogens (primary N) is 1. The van der Waals surface area contributed by atoms with E-state index in [0.717, 1.165) is 12.8 Å². The maximum Gasteiger partial charge on any atom is 0.206 e. The number of methoxy groups -OCH3 is 1. The van der Waals surface area contributed by atoms with Crippen LogP contribution >= 0.6 is 11.3 Å². The SMILES string of the molecule is CCCC(N=C(NN)NC(C)COC)c1cccs1. The zero-order valence-electron chi connectivity index (χ0n) is 11.8. The summed E-state index contributed by atoms with van der Waals surface area (Å²) < 4.78 is 5.09. The molecule has 108 valence electrons. The van der Waals surface area contributed by atoms with Gasteiger partial charge in [-0.15, -0.1) is 11.3 Å². The van der Waals surface area contributed by atoms with Crippen molar-refractivity contribution in [1.29, 1.82) is 0 Å². The van der Waals surface area contributed by atoms with E-state index in [1.165, 1.54) is 4.88 Å². The predicted octanol–water partition coefficient (Wildman–Crippen LogP) is 2.03. The first-order chi connectivity index (χ1) is 9.21. The minimum absolute atomic E-state index is 0.151. The Morgan fingerprint density at radius 3 is 2.89 bits per heavy atom. The van der Waals surface area contributed by atoms with E-state index < -0.39 is 0 Å². The molecule has 1 rings (SSSR count). The molecule has 0 aromatic carbocycles. The molecule has 2 unspecified atom stereocenters. The Kier molecular flexibility index (Phi) is 7.47. The third-order valence-electron chi connectivity index (χ3n) is 2.66. The zero-order valence-corrected chi connectivity index (χ0v) is 12.7. The highest BCUT2D eigenvalue weighted by molar-refractivity contribution is 7.10. The average Bonchev–Trinajstić information content (AvgIpc) is 2.91. The molecule has 0 bridgehead atoms. The Morgan fingerprint density at radius 2 is 2.37 bits per heavy atom. The number of guanidine groups is 1. The van der Waals surface area contributed by atoms with Crippen molar-refractivity contribution in [3.8, 4) is 0 Å². The van der Waals surface area contributed by atoms with Gasteiger partial charge in [0.05, 0.1) is 12.6 Å². The molecule has 0 saturated carbocycles. The number of hydrazine groups is 1. The standard InChI is InChI=1S/C13H24N4OS/c1-4-6-11(12-7-5-8-19-12)16-13(17-14)15-10(2)9-18-3/h5,7-8,10-11H,4,6,9,14H2,1-3H3,(H2,15,16,17). The molecule has 0 aliphatic carbocycles. The monoisotopic (exact) mass is 284 g/mol. The second-order valence-corrected chi connectivity index (χ2v) is 5.42. The molecule has 2 atom stereocenters. The van der Waals surface area contributed by atoms with Crippen molar-refractivity contribution in [1.82, 2.24) is 10.7 Å². The van der Waals surface area contributed by atoms with Gasteiger partial charge in [0.25, 0.3) is 0 Å². The number of thiophene rings is 1. The summed E-state index contributed by atoms with van der Waals surface area (Å²) in [6.45, 7) is 4.79. The lowest BCUT2D eigenvalue weighted by Crippen LogP contribution is -2.47. The number of hydrogen-bond acceptors (Lipinski definition) is 4. The lowest BCUT2D eigenvalue weighted by Gasteiger charge is -2.18. The Bertz CT molecular complexity index is 367. The van der Waals surface area contributed by atoms with Crippen molar-refractivity contribution in [2.45, 2.75) is 38.8 Å². The molecule has 0 amide bonds. The fourth-order valence-electron chi connectivity index (χ4n) is 1.82. The van der Waals surface area contributed by atoms with E-state index in [4.69, 9.17) is 10.6 Å². The third-order valence-corrected chi connectivity index (χ3v) is 3.63. The van der Waals surface area contributed by atoms with Crippen LogP contribution in [0.2, 0.25) is 0 Å². The Morgan fingerprint density at radius 1 is 1.58 bits per heavy atom. The zero-order chi connectivity index (χ0) is 14.1. The van der Waals surface area contributed by atoms with Crippen LogP contribution in [0.25, 0.3) is 0 Å². The van der Waals surface area contributed by atoms with Gasteiger partial charge in [0.1, 0.15) is 0 Å².